The van der Waals surface area contributed by atoms with E-state index in [4.69, 9.17) is 9.47 Å². The molecule has 2 aromatic carbocycles. The molecule has 0 fully saturated rings. The maximum Gasteiger partial charge on any atom is 0.263 e. The van der Waals surface area contributed by atoms with E-state index in [1.54, 1.807) is 26.2 Å². The number of ether oxygens (including phenoxy) is 2. The van der Waals surface area contributed by atoms with E-state index in [1.807, 2.05) is 25.1 Å². The molecule has 3 rings (SSSR count). The summed E-state index contributed by atoms with van der Waals surface area (Å²) >= 11 is 1.26. The zero-order valence-electron chi connectivity index (χ0n) is 14.1. The molecule has 0 saturated carbocycles. The Bertz CT molecular complexity index is 1010. The summed E-state index contributed by atoms with van der Waals surface area (Å²) < 4.78 is 39.2. The van der Waals surface area contributed by atoms with Gasteiger partial charge in [0.25, 0.3) is 10.0 Å². The lowest BCUT2D eigenvalue weighted by molar-refractivity contribution is 0.341. The van der Waals surface area contributed by atoms with E-state index in [9.17, 15) is 8.42 Å². The molecule has 1 heterocycles. The number of rotatable bonds is 6. The molecule has 1 aromatic heterocycles. The van der Waals surface area contributed by atoms with E-state index in [1.165, 1.54) is 17.4 Å². The zero-order chi connectivity index (χ0) is 18.0. The highest BCUT2D eigenvalue weighted by atomic mass is 32.2. The van der Waals surface area contributed by atoms with Gasteiger partial charge in [-0.1, -0.05) is 11.3 Å². The second-order valence-electron chi connectivity index (χ2n) is 5.32. The smallest absolute Gasteiger partial charge is 0.263 e. The fourth-order valence-electron chi connectivity index (χ4n) is 2.40. The summed E-state index contributed by atoms with van der Waals surface area (Å²) in [5.74, 6) is 1.38. The second-order valence-corrected chi connectivity index (χ2v) is 8.03. The summed E-state index contributed by atoms with van der Waals surface area (Å²) in [5.41, 5.74) is 1.47. The average molecular weight is 378 g/mol. The maximum absolute atomic E-state index is 12.6. The van der Waals surface area contributed by atoms with Crippen molar-refractivity contribution in [1.29, 1.82) is 0 Å². The monoisotopic (exact) mass is 378 g/mol. The van der Waals surface area contributed by atoms with Crippen LogP contribution in [0.1, 0.15) is 12.5 Å². The highest BCUT2D eigenvalue weighted by Crippen LogP contribution is 2.31. The summed E-state index contributed by atoms with van der Waals surface area (Å²) in [6.07, 6.45) is 0. The van der Waals surface area contributed by atoms with E-state index in [-0.39, 0.29) is 4.90 Å². The van der Waals surface area contributed by atoms with Crippen molar-refractivity contribution in [3.63, 3.8) is 0 Å². The van der Waals surface area contributed by atoms with E-state index in [2.05, 4.69) is 9.71 Å². The molecule has 132 valence electrons. The molecule has 0 amide bonds. The molecule has 0 radical (unpaired) electrons. The van der Waals surface area contributed by atoms with Crippen LogP contribution >= 0.6 is 11.3 Å². The number of aryl methyl sites for hydroxylation is 1. The van der Waals surface area contributed by atoms with Gasteiger partial charge >= 0.3 is 0 Å². The van der Waals surface area contributed by atoms with Gasteiger partial charge in [-0.25, -0.2) is 13.4 Å². The number of sulfonamides is 1. The van der Waals surface area contributed by atoms with Crippen LogP contribution < -0.4 is 14.2 Å². The largest absolute Gasteiger partial charge is 0.496 e. The Kier molecular flexibility index (Phi) is 4.82. The SMILES string of the molecule is CCOc1ccc2nc(NS(=O)(=O)c3ccc(OC)c(C)c3)sc2c1. The van der Waals surface area contributed by atoms with Crippen LogP contribution in [0.5, 0.6) is 11.5 Å². The van der Waals surface area contributed by atoms with Gasteiger partial charge in [-0.2, -0.15) is 0 Å². The fraction of sp³-hybridized carbons (Fsp3) is 0.235. The first-order chi connectivity index (χ1) is 11.9. The molecule has 3 aromatic rings. The lowest BCUT2D eigenvalue weighted by Gasteiger charge is -2.08. The van der Waals surface area contributed by atoms with Crippen LogP contribution in [0.4, 0.5) is 5.13 Å². The molecule has 6 nitrogen and oxygen atoms in total. The van der Waals surface area contributed by atoms with Gasteiger partial charge in [-0.15, -0.1) is 0 Å². The molecular weight excluding hydrogens is 360 g/mol. The van der Waals surface area contributed by atoms with Gasteiger partial charge in [0.2, 0.25) is 0 Å². The van der Waals surface area contributed by atoms with Gasteiger partial charge in [-0.3, -0.25) is 4.72 Å². The van der Waals surface area contributed by atoms with E-state index in [0.29, 0.717) is 17.5 Å². The number of fused-ring (bicyclic) bond motifs is 1. The predicted molar refractivity (Wildman–Crippen MR) is 99.3 cm³/mol. The summed E-state index contributed by atoms with van der Waals surface area (Å²) in [5, 5.41) is 0.317. The van der Waals surface area contributed by atoms with Crippen molar-refractivity contribution in [2.75, 3.05) is 18.4 Å². The molecule has 1 N–H and O–H groups in total. The minimum atomic E-state index is -3.72. The number of benzene rings is 2. The molecule has 0 atom stereocenters. The lowest BCUT2D eigenvalue weighted by atomic mass is 10.2. The van der Waals surface area contributed by atoms with Crippen molar-refractivity contribution >= 4 is 36.7 Å². The first kappa shape index (κ1) is 17.5. The van der Waals surface area contributed by atoms with Crippen molar-refractivity contribution in [2.45, 2.75) is 18.7 Å². The van der Waals surface area contributed by atoms with Crippen molar-refractivity contribution in [3.05, 3.63) is 42.0 Å². The van der Waals surface area contributed by atoms with Crippen LogP contribution in [0.25, 0.3) is 10.2 Å². The van der Waals surface area contributed by atoms with Gasteiger partial charge in [0.15, 0.2) is 5.13 Å². The van der Waals surface area contributed by atoms with Crippen molar-refractivity contribution in [2.24, 2.45) is 0 Å². The molecule has 0 bridgehead atoms. The molecule has 8 heteroatoms. The molecule has 0 spiro atoms. The number of thiazole rings is 1. The molecule has 0 aliphatic rings. The van der Waals surface area contributed by atoms with Crippen LogP contribution in [0.2, 0.25) is 0 Å². The van der Waals surface area contributed by atoms with E-state index < -0.39 is 10.0 Å². The van der Waals surface area contributed by atoms with E-state index >= 15 is 0 Å². The Morgan fingerprint density at radius 1 is 1.20 bits per heavy atom. The van der Waals surface area contributed by atoms with Crippen LogP contribution in [0, 0.1) is 6.92 Å². The zero-order valence-corrected chi connectivity index (χ0v) is 15.7. The maximum atomic E-state index is 12.6. The quantitative estimate of drug-likeness (QED) is 0.706. The van der Waals surface area contributed by atoms with Gasteiger partial charge in [-0.05, 0) is 55.8 Å². The second kappa shape index (κ2) is 6.89. The number of anilines is 1. The Morgan fingerprint density at radius 3 is 2.68 bits per heavy atom. The number of hydrogen-bond donors (Lipinski definition) is 1. The predicted octanol–water partition coefficient (Wildman–Crippen LogP) is 3.81. The summed E-state index contributed by atoms with van der Waals surface area (Å²) in [4.78, 5) is 4.50. The average Bonchev–Trinajstić information content (AvgIpc) is 2.95. The first-order valence-corrected chi connectivity index (χ1v) is 9.94. The van der Waals surface area contributed by atoms with Crippen LogP contribution in [0.3, 0.4) is 0 Å². The number of methoxy groups -OCH3 is 1. The summed E-state index contributed by atoms with van der Waals surface area (Å²) in [6, 6.07) is 10.2. The lowest BCUT2D eigenvalue weighted by Crippen LogP contribution is -2.13. The van der Waals surface area contributed by atoms with Crippen molar-refractivity contribution < 1.29 is 17.9 Å². The number of hydrogen-bond acceptors (Lipinski definition) is 6. The molecule has 0 aliphatic heterocycles. The Labute approximate surface area is 150 Å². The normalized spacial score (nSPS) is 11.5. The van der Waals surface area contributed by atoms with Crippen molar-refractivity contribution in [1.82, 2.24) is 4.98 Å². The third-order valence-electron chi connectivity index (χ3n) is 3.57. The molecular formula is C17H18N2O4S2. The number of nitrogens with zero attached hydrogens (tertiary/aromatic N) is 1. The Hall–Kier alpha value is -2.32. The van der Waals surface area contributed by atoms with Gasteiger partial charge < -0.3 is 9.47 Å². The van der Waals surface area contributed by atoms with Gasteiger partial charge in [0, 0.05) is 0 Å². The minimum absolute atomic E-state index is 0.167. The third kappa shape index (κ3) is 3.69. The van der Waals surface area contributed by atoms with E-state index in [0.717, 1.165) is 21.5 Å². The highest BCUT2D eigenvalue weighted by molar-refractivity contribution is 7.93. The standard InChI is InChI=1S/C17H18N2O4S2/c1-4-23-12-5-7-14-16(10-12)24-17(18-14)19-25(20,21)13-6-8-15(22-3)11(2)9-13/h5-10H,4H2,1-3H3,(H,18,19). The van der Waals surface area contributed by atoms with Gasteiger partial charge in [0.05, 0.1) is 28.8 Å². The van der Waals surface area contributed by atoms with Gasteiger partial charge in [0.1, 0.15) is 11.5 Å². The molecule has 0 unspecified atom stereocenters. The molecule has 25 heavy (non-hydrogen) atoms. The third-order valence-corrected chi connectivity index (χ3v) is 5.97. The number of aromatic nitrogens is 1. The Morgan fingerprint density at radius 2 is 2.00 bits per heavy atom. The highest BCUT2D eigenvalue weighted by Gasteiger charge is 2.18. The fourth-order valence-corrected chi connectivity index (χ4v) is 4.61. The summed E-state index contributed by atoms with van der Waals surface area (Å²) in [6.45, 7) is 4.28. The Balaban J connectivity index is 1.90. The number of nitrogens with one attached hydrogen (secondary N) is 1. The van der Waals surface area contributed by atoms with Crippen molar-refractivity contribution in [3.8, 4) is 11.5 Å². The molecule has 0 saturated heterocycles. The summed E-state index contributed by atoms with van der Waals surface area (Å²) in [7, 11) is -2.17. The first-order valence-electron chi connectivity index (χ1n) is 7.64. The van der Waals surface area contributed by atoms with Crippen LogP contribution in [0.15, 0.2) is 41.3 Å². The molecule has 0 aliphatic carbocycles. The minimum Gasteiger partial charge on any atom is -0.496 e. The topological polar surface area (TPSA) is 77.5 Å². The van der Waals surface area contributed by atoms with Crippen LogP contribution in [-0.4, -0.2) is 27.1 Å². The van der Waals surface area contributed by atoms with Crippen LogP contribution in [-0.2, 0) is 10.0 Å².